The molecule has 0 amide bonds. The number of carbonyl (C=O) groups is 1. The molecule has 0 saturated carbocycles. The molecule has 0 radical (unpaired) electrons. The maximum absolute atomic E-state index is 11.5. The van der Waals surface area contributed by atoms with Crippen LogP contribution in [0.3, 0.4) is 0 Å². The molecule has 0 spiro atoms. The number of hydrogen-bond acceptors (Lipinski definition) is 4. The molecule has 28 heavy (non-hydrogen) atoms. The maximum atomic E-state index is 11.5. The van der Waals surface area contributed by atoms with E-state index in [4.69, 9.17) is 21.1 Å². The van der Waals surface area contributed by atoms with Gasteiger partial charge in [0.2, 0.25) is 0 Å². The smallest absolute Gasteiger partial charge is 0.306 e. The molecule has 4 rings (SSSR count). The van der Waals surface area contributed by atoms with Crippen LogP contribution in [-0.4, -0.2) is 18.2 Å². The van der Waals surface area contributed by atoms with Gasteiger partial charge < -0.3 is 14.6 Å². The van der Waals surface area contributed by atoms with Crippen molar-refractivity contribution in [1.82, 2.24) is 0 Å². The molecule has 0 fully saturated rings. The van der Waals surface area contributed by atoms with E-state index in [0.29, 0.717) is 5.02 Å². The molecule has 4 nitrogen and oxygen atoms in total. The number of thiophene rings is 1. The third-order valence-electron chi connectivity index (χ3n) is 4.97. The lowest BCUT2D eigenvalue weighted by Crippen LogP contribution is -2.14. The summed E-state index contributed by atoms with van der Waals surface area (Å²) >= 11 is 7.91. The lowest BCUT2D eigenvalue weighted by molar-refractivity contribution is -0.141. The highest BCUT2D eigenvalue weighted by atomic mass is 35.5. The Morgan fingerprint density at radius 1 is 1.21 bits per heavy atom. The fourth-order valence-electron chi connectivity index (χ4n) is 3.78. The topological polar surface area (TPSA) is 55.8 Å². The Hall–Kier alpha value is -2.34. The number of fused-ring (bicyclic) bond motifs is 3. The van der Waals surface area contributed by atoms with E-state index in [9.17, 15) is 9.90 Å². The van der Waals surface area contributed by atoms with E-state index in [0.717, 1.165) is 38.4 Å². The summed E-state index contributed by atoms with van der Waals surface area (Å²) in [4.78, 5) is 12.6. The third-order valence-corrected chi connectivity index (χ3v) is 6.17. The summed E-state index contributed by atoms with van der Waals surface area (Å²) in [5.41, 5.74) is 4.66. The predicted molar refractivity (Wildman–Crippen MR) is 110 cm³/mol. The number of aryl methyl sites for hydroxylation is 1. The Kier molecular flexibility index (Phi) is 5.15. The van der Waals surface area contributed by atoms with Crippen LogP contribution in [0, 0.1) is 6.92 Å². The van der Waals surface area contributed by atoms with E-state index >= 15 is 0 Å². The summed E-state index contributed by atoms with van der Waals surface area (Å²) in [6.07, 6.45) is -1.18. The summed E-state index contributed by atoms with van der Waals surface area (Å²) in [6, 6.07) is 13.6. The molecule has 0 bridgehead atoms. The van der Waals surface area contributed by atoms with Crippen LogP contribution in [-0.2, 0) is 9.53 Å². The molecule has 1 aliphatic rings. The number of carboxylic acid groups (broad SMARTS) is 1. The SMILES string of the molecule is COc1c(C)cccc1C1OC(CC(=O)O)c2ccsc2-c2ccc(Cl)cc21. The highest BCUT2D eigenvalue weighted by molar-refractivity contribution is 7.13. The van der Waals surface area contributed by atoms with Gasteiger partial charge in [-0.3, -0.25) is 4.79 Å². The first-order valence-electron chi connectivity index (χ1n) is 8.87. The van der Waals surface area contributed by atoms with Crippen LogP contribution in [0.4, 0.5) is 0 Å². The number of aliphatic carboxylic acids is 1. The van der Waals surface area contributed by atoms with Gasteiger partial charge in [-0.05, 0) is 47.2 Å². The van der Waals surface area contributed by atoms with Crippen LogP contribution >= 0.6 is 22.9 Å². The molecule has 144 valence electrons. The Bertz CT molecular complexity index is 1040. The van der Waals surface area contributed by atoms with E-state index < -0.39 is 18.2 Å². The van der Waals surface area contributed by atoms with E-state index in [1.807, 2.05) is 54.8 Å². The third kappa shape index (κ3) is 3.30. The second kappa shape index (κ2) is 7.59. The van der Waals surface area contributed by atoms with Crippen molar-refractivity contribution in [3.8, 4) is 16.2 Å². The van der Waals surface area contributed by atoms with Crippen LogP contribution in [0.1, 0.15) is 40.9 Å². The Morgan fingerprint density at radius 3 is 2.79 bits per heavy atom. The second-order valence-corrected chi connectivity index (χ2v) is 8.09. The van der Waals surface area contributed by atoms with Crippen molar-refractivity contribution in [2.24, 2.45) is 0 Å². The largest absolute Gasteiger partial charge is 0.496 e. The van der Waals surface area contributed by atoms with E-state index in [1.165, 1.54) is 0 Å². The number of methoxy groups -OCH3 is 1. The Labute approximate surface area is 172 Å². The Morgan fingerprint density at radius 2 is 2.04 bits per heavy atom. The number of carboxylic acids is 1. The van der Waals surface area contributed by atoms with E-state index in [1.54, 1.807) is 18.4 Å². The normalized spacial score (nSPS) is 18.1. The van der Waals surface area contributed by atoms with Crippen molar-refractivity contribution in [2.75, 3.05) is 7.11 Å². The zero-order valence-corrected chi connectivity index (χ0v) is 17.0. The fraction of sp³-hybridized carbons (Fsp3) is 0.227. The lowest BCUT2D eigenvalue weighted by Gasteiger charge is -2.25. The Balaban J connectivity index is 1.96. The molecule has 6 heteroatoms. The van der Waals surface area contributed by atoms with Crippen molar-refractivity contribution >= 4 is 28.9 Å². The highest BCUT2D eigenvalue weighted by Crippen LogP contribution is 2.49. The van der Waals surface area contributed by atoms with Gasteiger partial charge in [0.05, 0.1) is 19.6 Å². The van der Waals surface area contributed by atoms with Crippen molar-refractivity contribution in [3.63, 3.8) is 0 Å². The van der Waals surface area contributed by atoms with E-state index in [-0.39, 0.29) is 6.42 Å². The highest BCUT2D eigenvalue weighted by Gasteiger charge is 2.34. The molecular formula is C22H19ClO4S. The van der Waals surface area contributed by atoms with Crippen molar-refractivity contribution in [3.05, 3.63) is 75.1 Å². The zero-order valence-electron chi connectivity index (χ0n) is 15.4. The molecule has 1 aliphatic heterocycles. The molecule has 2 aromatic carbocycles. The fourth-order valence-corrected chi connectivity index (χ4v) is 4.96. The van der Waals surface area contributed by atoms with Crippen molar-refractivity contribution in [1.29, 1.82) is 0 Å². The first kappa shape index (κ1) is 19.0. The zero-order chi connectivity index (χ0) is 19.8. The molecule has 0 saturated heterocycles. The number of ether oxygens (including phenoxy) is 2. The number of para-hydroxylation sites is 1. The van der Waals surface area contributed by atoms with Gasteiger partial charge in [-0.15, -0.1) is 11.3 Å². The first-order valence-corrected chi connectivity index (χ1v) is 10.1. The van der Waals surface area contributed by atoms with Crippen molar-refractivity contribution in [2.45, 2.75) is 25.6 Å². The first-order chi connectivity index (χ1) is 13.5. The van der Waals surface area contributed by atoms with Gasteiger partial charge >= 0.3 is 5.97 Å². The van der Waals surface area contributed by atoms with Crippen LogP contribution in [0.25, 0.3) is 10.4 Å². The predicted octanol–water partition coefficient (Wildman–Crippen LogP) is 6.02. The van der Waals surface area contributed by atoms with Gasteiger partial charge in [-0.1, -0.05) is 35.9 Å². The molecular weight excluding hydrogens is 396 g/mol. The van der Waals surface area contributed by atoms with E-state index in [2.05, 4.69) is 0 Å². The van der Waals surface area contributed by atoms with Gasteiger partial charge in [0.1, 0.15) is 11.9 Å². The molecule has 3 aromatic rings. The lowest BCUT2D eigenvalue weighted by atomic mass is 9.94. The van der Waals surface area contributed by atoms with Gasteiger partial charge in [0.15, 0.2) is 0 Å². The summed E-state index contributed by atoms with van der Waals surface area (Å²) in [7, 11) is 1.63. The quantitative estimate of drug-likeness (QED) is 0.567. The second-order valence-electron chi connectivity index (χ2n) is 6.74. The summed E-state index contributed by atoms with van der Waals surface area (Å²) in [5.74, 6) is -0.168. The van der Waals surface area contributed by atoms with Gasteiger partial charge in [0.25, 0.3) is 0 Å². The number of hydrogen-bond donors (Lipinski definition) is 1. The van der Waals surface area contributed by atoms with Crippen LogP contribution in [0.15, 0.2) is 47.8 Å². The summed E-state index contributed by atoms with van der Waals surface area (Å²) in [6.45, 7) is 1.98. The maximum Gasteiger partial charge on any atom is 0.306 e. The summed E-state index contributed by atoms with van der Waals surface area (Å²) in [5, 5.41) is 12.0. The number of benzene rings is 2. The van der Waals surface area contributed by atoms with Gasteiger partial charge in [0, 0.05) is 21.0 Å². The number of halogens is 1. The minimum atomic E-state index is -0.902. The molecule has 1 N–H and O–H groups in total. The molecule has 2 unspecified atom stereocenters. The van der Waals surface area contributed by atoms with Crippen LogP contribution in [0.2, 0.25) is 5.02 Å². The summed E-state index contributed by atoms with van der Waals surface area (Å²) < 4.78 is 12.1. The average Bonchev–Trinajstić information content (AvgIpc) is 3.10. The average molecular weight is 415 g/mol. The van der Waals surface area contributed by atoms with Gasteiger partial charge in [-0.25, -0.2) is 0 Å². The molecule has 1 aromatic heterocycles. The standard InChI is InChI=1S/C22H19ClO4S/c1-12-4-3-5-16(20(12)26-2)21-17-10-13(23)6-7-14(17)22-15(8-9-28-22)18(27-21)11-19(24)25/h3-10,18,21H,11H2,1-2H3,(H,24,25). The van der Waals surface area contributed by atoms with Crippen molar-refractivity contribution < 1.29 is 19.4 Å². The minimum Gasteiger partial charge on any atom is -0.496 e. The van der Waals surface area contributed by atoms with Crippen LogP contribution < -0.4 is 4.74 Å². The van der Waals surface area contributed by atoms with Crippen LogP contribution in [0.5, 0.6) is 5.75 Å². The van der Waals surface area contributed by atoms with Gasteiger partial charge in [-0.2, -0.15) is 0 Å². The minimum absolute atomic E-state index is 0.115. The molecule has 0 aliphatic carbocycles. The number of rotatable bonds is 4. The monoisotopic (exact) mass is 414 g/mol. The molecule has 2 heterocycles. The molecule has 2 atom stereocenters.